The lowest BCUT2D eigenvalue weighted by Gasteiger charge is -2.27. The molecular weight excluding hydrogens is 280 g/mol. The minimum atomic E-state index is 0. The summed E-state index contributed by atoms with van der Waals surface area (Å²) in [5.41, 5.74) is 0.952. The smallest absolute Gasteiger partial charge is 0.224 e. The normalized spacial score (nSPS) is 16.8. The topological polar surface area (TPSA) is 59.6 Å². The SMILES string of the molecule is Cl.O=C(Cc1ccc2c(c1)OCCO2)NCC1CNC1. The summed E-state index contributed by atoms with van der Waals surface area (Å²) in [7, 11) is 0. The number of amides is 1. The number of hydrogen-bond donors (Lipinski definition) is 2. The maximum atomic E-state index is 11.8. The molecule has 0 bridgehead atoms. The Kier molecular flexibility index (Phi) is 5.09. The van der Waals surface area contributed by atoms with Gasteiger partial charge in [-0.3, -0.25) is 4.79 Å². The Morgan fingerprint density at radius 3 is 2.70 bits per heavy atom. The van der Waals surface area contributed by atoms with Gasteiger partial charge in [0.05, 0.1) is 6.42 Å². The van der Waals surface area contributed by atoms with Crippen LogP contribution in [0.25, 0.3) is 0 Å². The van der Waals surface area contributed by atoms with Gasteiger partial charge in [-0.1, -0.05) is 6.07 Å². The highest BCUT2D eigenvalue weighted by molar-refractivity contribution is 5.85. The highest BCUT2D eigenvalue weighted by Gasteiger charge is 2.17. The molecule has 1 aromatic rings. The van der Waals surface area contributed by atoms with E-state index < -0.39 is 0 Å². The fourth-order valence-electron chi connectivity index (χ4n) is 2.20. The molecule has 1 saturated heterocycles. The molecule has 2 aliphatic heterocycles. The highest BCUT2D eigenvalue weighted by atomic mass is 35.5. The predicted octanol–water partition coefficient (Wildman–Crippen LogP) is 0.758. The first-order chi connectivity index (χ1) is 9.31. The summed E-state index contributed by atoms with van der Waals surface area (Å²) < 4.78 is 11.0. The molecule has 20 heavy (non-hydrogen) atoms. The van der Waals surface area contributed by atoms with E-state index in [4.69, 9.17) is 9.47 Å². The molecule has 2 aliphatic rings. The Labute approximate surface area is 124 Å². The quantitative estimate of drug-likeness (QED) is 0.861. The van der Waals surface area contributed by atoms with Gasteiger partial charge in [-0.2, -0.15) is 0 Å². The van der Waals surface area contributed by atoms with Crippen molar-refractivity contribution >= 4 is 18.3 Å². The van der Waals surface area contributed by atoms with Crippen molar-refractivity contribution in [3.63, 3.8) is 0 Å². The van der Waals surface area contributed by atoms with Crippen LogP contribution in [0.4, 0.5) is 0 Å². The van der Waals surface area contributed by atoms with Crippen LogP contribution in [0.3, 0.4) is 0 Å². The minimum Gasteiger partial charge on any atom is -0.486 e. The molecule has 2 heterocycles. The van der Waals surface area contributed by atoms with Gasteiger partial charge in [0.1, 0.15) is 13.2 Å². The van der Waals surface area contributed by atoms with Crippen molar-refractivity contribution in [3.05, 3.63) is 23.8 Å². The molecule has 0 saturated carbocycles. The van der Waals surface area contributed by atoms with Gasteiger partial charge in [-0.25, -0.2) is 0 Å². The van der Waals surface area contributed by atoms with Crippen LogP contribution in [0, 0.1) is 5.92 Å². The second-order valence-electron chi connectivity index (χ2n) is 4.98. The average Bonchev–Trinajstić information content (AvgIpc) is 2.37. The summed E-state index contributed by atoms with van der Waals surface area (Å²) in [6, 6.07) is 5.67. The largest absolute Gasteiger partial charge is 0.486 e. The molecule has 0 unspecified atom stereocenters. The average molecular weight is 299 g/mol. The second kappa shape index (κ2) is 6.81. The molecule has 0 aliphatic carbocycles. The highest BCUT2D eigenvalue weighted by Crippen LogP contribution is 2.30. The number of halogens is 1. The molecule has 0 aromatic heterocycles. The predicted molar refractivity (Wildman–Crippen MR) is 77.8 cm³/mol. The second-order valence-corrected chi connectivity index (χ2v) is 4.98. The third-order valence-corrected chi connectivity index (χ3v) is 3.43. The van der Waals surface area contributed by atoms with Crippen LogP contribution in [0.5, 0.6) is 11.5 Å². The lowest BCUT2D eigenvalue weighted by Crippen LogP contribution is -2.48. The van der Waals surface area contributed by atoms with Crippen molar-refractivity contribution in [1.29, 1.82) is 0 Å². The van der Waals surface area contributed by atoms with Gasteiger partial charge in [0.15, 0.2) is 11.5 Å². The Balaban J connectivity index is 0.00000147. The number of ether oxygens (including phenoxy) is 2. The molecule has 5 nitrogen and oxygen atoms in total. The van der Waals surface area contributed by atoms with Crippen molar-refractivity contribution in [3.8, 4) is 11.5 Å². The Hall–Kier alpha value is -1.46. The summed E-state index contributed by atoms with van der Waals surface area (Å²) in [4.78, 5) is 11.8. The van der Waals surface area contributed by atoms with E-state index in [0.717, 1.165) is 36.7 Å². The number of carbonyl (C=O) groups is 1. The number of fused-ring (bicyclic) bond motifs is 1. The van der Waals surface area contributed by atoms with Crippen LogP contribution >= 0.6 is 12.4 Å². The number of rotatable bonds is 4. The Morgan fingerprint density at radius 1 is 1.25 bits per heavy atom. The number of benzene rings is 1. The summed E-state index contributed by atoms with van der Waals surface area (Å²) in [6.07, 6.45) is 0.386. The first-order valence-corrected chi connectivity index (χ1v) is 6.67. The van der Waals surface area contributed by atoms with E-state index in [1.165, 1.54) is 0 Å². The summed E-state index contributed by atoms with van der Waals surface area (Å²) >= 11 is 0. The molecule has 110 valence electrons. The zero-order valence-corrected chi connectivity index (χ0v) is 12.0. The van der Waals surface area contributed by atoms with Gasteiger partial charge in [-0.05, 0) is 17.7 Å². The minimum absolute atomic E-state index is 0. The van der Waals surface area contributed by atoms with Crippen molar-refractivity contribution in [2.45, 2.75) is 6.42 Å². The van der Waals surface area contributed by atoms with E-state index in [-0.39, 0.29) is 18.3 Å². The van der Waals surface area contributed by atoms with Crippen molar-refractivity contribution in [2.75, 3.05) is 32.8 Å². The number of nitrogens with one attached hydrogen (secondary N) is 2. The summed E-state index contributed by atoms with van der Waals surface area (Å²) in [6.45, 7) is 3.92. The standard InChI is InChI=1S/C14H18N2O3.ClH/c17-14(16-9-11-7-15-8-11)6-10-1-2-12-13(5-10)19-4-3-18-12;/h1-2,5,11,15H,3-4,6-9H2,(H,16,17);1H. The lowest BCUT2D eigenvalue weighted by atomic mass is 10.0. The van der Waals surface area contributed by atoms with Crippen molar-refractivity contribution in [2.24, 2.45) is 5.92 Å². The summed E-state index contributed by atoms with van der Waals surface area (Å²) in [5.74, 6) is 2.14. The van der Waals surface area contributed by atoms with Gasteiger partial charge in [0.25, 0.3) is 0 Å². The third kappa shape index (κ3) is 3.55. The van der Waals surface area contributed by atoms with Crippen LogP contribution in [0.2, 0.25) is 0 Å². The van der Waals surface area contributed by atoms with E-state index in [2.05, 4.69) is 10.6 Å². The summed E-state index contributed by atoms with van der Waals surface area (Å²) in [5, 5.41) is 6.15. The molecular formula is C14H19ClN2O3. The third-order valence-electron chi connectivity index (χ3n) is 3.43. The fraction of sp³-hybridized carbons (Fsp3) is 0.500. The maximum absolute atomic E-state index is 11.8. The van der Waals surface area contributed by atoms with Gasteiger partial charge in [-0.15, -0.1) is 12.4 Å². The van der Waals surface area contributed by atoms with Gasteiger partial charge in [0.2, 0.25) is 5.91 Å². The Morgan fingerprint density at radius 2 is 2.00 bits per heavy atom. The molecule has 6 heteroatoms. The van der Waals surface area contributed by atoms with E-state index in [1.54, 1.807) is 0 Å². The number of hydrogen-bond acceptors (Lipinski definition) is 4. The molecule has 0 atom stereocenters. The molecule has 0 spiro atoms. The molecule has 2 N–H and O–H groups in total. The van der Waals surface area contributed by atoms with Crippen LogP contribution in [-0.2, 0) is 11.2 Å². The zero-order chi connectivity index (χ0) is 13.1. The van der Waals surface area contributed by atoms with Crippen molar-refractivity contribution < 1.29 is 14.3 Å². The maximum Gasteiger partial charge on any atom is 0.224 e. The lowest BCUT2D eigenvalue weighted by molar-refractivity contribution is -0.120. The van der Waals surface area contributed by atoms with Crippen LogP contribution < -0.4 is 20.1 Å². The Bertz CT molecular complexity index is 477. The molecule has 1 aromatic carbocycles. The van der Waals surface area contributed by atoms with Gasteiger partial charge >= 0.3 is 0 Å². The number of carbonyl (C=O) groups excluding carboxylic acids is 1. The molecule has 0 radical (unpaired) electrons. The van der Waals surface area contributed by atoms with Crippen LogP contribution in [0.1, 0.15) is 5.56 Å². The van der Waals surface area contributed by atoms with Gasteiger partial charge < -0.3 is 20.1 Å². The van der Waals surface area contributed by atoms with Gasteiger partial charge in [0, 0.05) is 25.6 Å². The molecule has 1 fully saturated rings. The van der Waals surface area contributed by atoms with Crippen LogP contribution in [-0.4, -0.2) is 38.8 Å². The first kappa shape index (κ1) is 14.9. The monoisotopic (exact) mass is 298 g/mol. The van der Waals surface area contributed by atoms with E-state index in [1.807, 2.05) is 18.2 Å². The molecule has 1 amide bonds. The van der Waals surface area contributed by atoms with Crippen LogP contribution in [0.15, 0.2) is 18.2 Å². The fourth-order valence-corrected chi connectivity index (χ4v) is 2.20. The first-order valence-electron chi connectivity index (χ1n) is 6.67. The van der Waals surface area contributed by atoms with E-state index in [0.29, 0.717) is 25.6 Å². The van der Waals surface area contributed by atoms with E-state index >= 15 is 0 Å². The zero-order valence-electron chi connectivity index (χ0n) is 11.2. The van der Waals surface area contributed by atoms with E-state index in [9.17, 15) is 4.79 Å². The molecule has 3 rings (SSSR count). The van der Waals surface area contributed by atoms with Crippen molar-refractivity contribution in [1.82, 2.24) is 10.6 Å².